The molecule has 1 aromatic carbocycles. The van der Waals surface area contributed by atoms with Crippen LogP contribution in [-0.2, 0) is 6.42 Å². The summed E-state index contributed by atoms with van der Waals surface area (Å²) in [5.74, 6) is 0.0716. The van der Waals surface area contributed by atoms with Gasteiger partial charge in [-0.25, -0.2) is 0 Å². The third kappa shape index (κ3) is 2.73. The zero-order valence-electron chi connectivity index (χ0n) is 8.24. The van der Waals surface area contributed by atoms with E-state index in [2.05, 4.69) is 15.9 Å². The van der Waals surface area contributed by atoms with Crippen molar-refractivity contribution in [1.82, 2.24) is 0 Å². The molecule has 16 heavy (non-hydrogen) atoms. The summed E-state index contributed by atoms with van der Waals surface area (Å²) in [5.41, 5.74) is 0.998. The molecule has 0 aliphatic rings. The first-order valence-electron chi connectivity index (χ1n) is 4.67. The Labute approximate surface area is 111 Å². The smallest absolute Gasteiger partial charge is 0.178 e. The Balaban J connectivity index is 2.14. The van der Waals surface area contributed by atoms with Crippen LogP contribution < -0.4 is 0 Å². The van der Waals surface area contributed by atoms with E-state index in [1.165, 1.54) is 11.3 Å². The Morgan fingerprint density at radius 1 is 1.25 bits per heavy atom. The molecule has 0 aliphatic carbocycles. The second-order valence-corrected chi connectivity index (χ2v) is 5.56. The van der Waals surface area contributed by atoms with Crippen molar-refractivity contribution in [2.75, 3.05) is 0 Å². The maximum atomic E-state index is 11.9. The van der Waals surface area contributed by atoms with E-state index >= 15 is 0 Å². The van der Waals surface area contributed by atoms with E-state index in [9.17, 15) is 4.79 Å². The first-order chi connectivity index (χ1) is 7.66. The Hall–Kier alpha value is -0.640. The lowest BCUT2D eigenvalue weighted by molar-refractivity contribution is 0.0997. The van der Waals surface area contributed by atoms with Crippen LogP contribution in [-0.4, -0.2) is 5.78 Å². The highest BCUT2D eigenvalue weighted by molar-refractivity contribution is 9.10. The monoisotopic (exact) mass is 314 g/mol. The number of hydrogen-bond donors (Lipinski definition) is 0. The minimum Gasteiger partial charge on any atom is -0.293 e. The molecule has 1 aromatic heterocycles. The number of carbonyl (C=O) groups excluding carboxylic acids is 1. The average Bonchev–Trinajstić information content (AvgIpc) is 2.68. The predicted octanol–water partition coefficient (Wildman–Crippen LogP) is 4.59. The SMILES string of the molecule is O=C(Cc1ccc(Br)cc1)c1sccc1Cl. The predicted molar refractivity (Wildman–Crippen MR) is 71.5 cm³/mol. The zero-order valence-corrected chi connectivity index (χ0v) is 11.4. The summed E-state index contributed by atoms with van der Waals surface area (Å²) in [6, 6.07) is 9.48. The van der Waals surface area contributed by atoms with Gasteiger partial charge in [0.15, 0.2) is 5.78 Å². The molecule has 2 aromatic rings. The molecular weight excluding hydrogens is 308 g/mol. The molecule has 0 aliphatic heterocycles. The fraction of sp³-hybridized carbons (Fsp3) is 0.0833. The van der Waals surface area contributed by atoms with Gasteiger partial charge in [-0.1, -0.05) is 39.7 Å². The standard InChI is InChI=1S/C12H8BrClOS/c13-9-3-1-8(2-4-9)7-11(15)12-10(14)5-6-16-12/h1-6H,7H2. The zero-order chi connectivity index (χ0) is 11.5. The number of halogens is 2. The highest BCUT2D eigenvalue weighted by atomic mass is 79.9. The molecule has 0 N–H and O–H groups in total. The minimum absolute atomic E-state index is 0.0716. The van der Waals surface area contributed by atoms with E-state index in [-0.39, 0.29) is 5.78 Å². The molecule has 0 amide bonds. The number of hydrogen-bond acceptors (Lipinski definition) is 2. The van der Waals surface area contributed by atoms with Crippen molar-refractivity contribution >= 4 is 44.7 Å². The summed E-state index contributed by atoms with van der Waals surface area (Å²) >= 11 is 10.7. The molecule has 0 radical (unpaired) electrons. The van der Waals surface area contributed by atoms with Gasteiger partial charge in [0.2, 0.25) is 0 Å². The fourth-order valence-corrected chi connectivity index (χ4v) is 2.73. The van der Waals surface area contributed by atoms with Crippen molar-refractivity contribution in [2.24, 2.45) is 0 Å². The number of benzene rings is 1. The summed E-state index contributed by atoms with van der Waals surface area (Å²) in [6.07, 6.45) is 0.396. The Bertz CT molecular complexity index is 504. The first-order valence-corrected chi connectivity index (χ1v) is 6.72. The van der Waals surface area contributed by atoms with Gasteiger partial charge in [-0.2, -0.15) is 0 Å². The van der Waals surface area contributed by atoms with Gasteiger partial charge in [-0.3, -0.25) is 4.79 Å². The Morgan fingerprint density at radius 2 is 1.94 bits per heavy atom. The van der Waals surface area contributed by atoms with Crippen LogP contribution in [0.4, 0.5) is 0 Å². The lowest BCUT2D eigenvalue weighted by Gasteiger charge is -2.00. The summed E-state index contributed by atoms with van der Waals surface area (Å²) in [7, 11) is 0. The third-order valence-corrected chi connectivity index (χ3v) is 4.06. The summed E-state index contributed by atoms with van der Waals surface area (Å²) in [5, 5.41) is 2.38. The van der Waals surface area contributed by atoms with Crippen LogP contribution >= 0.6 is 38.9 Å². The molecule has 2 rings (SSSR count). The number of Topliss-reactive ketones (excluding diaryl/α,β-unsaturated/α-hetero) is 1. The van der Waals surface area contributed by atoms with E-state index in [4.69, 9.17) is 11.6 Å². The molecule has 0 saturated heterocycles. The number of carbonyl (C=O) groups is 1. The van der Waals surface area contributed by atoms with Crippen molar-refractivity contribution in [2.45, 2.75) is 6.42 Å². The quantitative estimate of drug-likeness (QED) is 0.757. The normalized spacial score (nSPS) is 10.4. The molecule has 0 saturated carbocycles. The molecule has 0 unspecified atom stereocenters. The molecular formula is C12H8BrClOS. The Morgan fingerprint density at radius 3 is 2.50 bits per heavy atom. The lowest BCUT2D eigenvalue weighted by Crippen LogP contribution is -2.01. The van der Waals surface area contributed by atoms with Crippen molar-refractivity contribution in [3.63, 3.8) is 0 Å². The maximum Gasteiger partial charge on any atom is 0.178 e. The minimum atomic E-state index is 0.0716. The van der Waals surface area contributed by atoms with Crippen molar-refractivity contribution in [3.05, 3.63) is 55.6 Å². The number of thiophene rings is 1. The number of rotatable bonds is 3. The van der Waals surface area contributed by atoms with Gasteiger partial charge in [0.25, 0.3) is 0 Å². The highest BCUT2D eigenvalue weighted by Crippen LogP contribution is 2.24. The van der Waals surface area contributed by atoms with Crippen LogP contribution in [0.3, 0.4) is 0 Å². The van der Waals surface area contributed by atoms with Gasteiger partial charge in [-0.15, -0.1) is 11.3 Å². The second kappa shape index (κ2) is 5.13. The third-order valence-electron chi connectivity index (χ3n) is 2.15. The van der Waals surface area contributed by atoms with Crippen LogP contribution in [0.5, 0.6) is 0 Å². The van der Waals surface area contributed by atoms with Crippen molar-refractivity contribution in [3.8, 4) is 0 Å². The molecule has 0 fully saturated rings. The van der Waals surface area contributed by atoms with Gasteiger partial charge in [-0.05, 0) is 29.1 Å². The van der Waals surface area contributed by atoms with E-state index < -0.39 is 0 Å². The molecule has 0 bridgehead atoms. The van der Waals surface area contributed by atoms with Gasteiger partial charge < -0.3 is 0 Å². The van der Waals surface area contributed by atoms with Crippen molar-refractivity contribution in [1.29, 1.82) is 0 Å². The van der Waals surface area contributed by atoms with Gasteiger partial charge in [0, 0.05) is 10.9 Å². The van der Waals surface area contributed by atoms with Gasteiger partial charge >= 0.3 is 0 Å². The second-order valence-electron chi connectivity index (χ2n) is 3.32. The van der Waals surface area contributed by atoms with E-state index in [1.54, 1.807) is 6.07 Å². The summed E-state index contributed by atoms with van der Waals surface area (Å²) in [4.78, 5) is 12.5. The maximum absolute atomic E-state index is 11.9. The lowest BCUT2D eigenvalue weighted by atomic mass is 10.1. The molecule has 82 valence electrons. The van der Waals surface area contributed by atoms with Crippen molar-refractivity contribution < 1.29 is 4.79 Å². The van der Waals surface area contributed by atoms with Crippen LogP contribution in [0, 0.1) is 0 Å². The summed E-state index contributed by atoms with van der Waals surface area (Å²) < 4.78 is 1.01. The average molecular weight is 316 g/mol. The topological polar surface area (TPSA) is 17.1 Å². The van der Waals surface area contributed by atoms with Crippen LogP contribution in [0.2, 0.25) is 5.02 Å². The molecule has 1 nitrogen and oxygen atoms in total. The fourth-order valence-electron chi connectivity index (χ4n) is 1.36. The Kier molecular flexibility index (Phi) is 3.79. The van der Waals surface area contributed by atoms with Crippen LogP contribution in [0.15, 0.2) is 40.2 Å². The van der Waals surface area contributed by atoms with E-state index in [0.717, 1.165) is 10.0 Å². The van der Waals surface area contributed by atoms with Crippen LogP contribution in [0.1, 0.15) is 15.2 Å². The van der Waals surface area contributed by atoms with Gasteiger partial charge in [0.05, 0.1) is 9.90 Å². The first kappa shape index (κ1) is 11.8. The molecule has 0 atom stereocenters. The largest absolute Gasteiger partial charge is 0.293 e. The van der Waals surface area contributed by atoms with E-state index in [0.29, 0.717) is 16.3 Å². The highest BCUT2D eigenvalue weighted by Gasteiger charge is 2.12. The molecule has 4 heteroatoms. The summed E-state index contributed by atoms with van der Waals surface area (Å²) in [6.45, 7) is 0. The van der Waals surface area contributed by atoms with E-state index in [1.807, 2.05) is 29.6 Å². The molecule has 0 spiro atoms. The van der Waals surface area contributed by atoms with Gasteiger partial charge in [0.1, 0.15) is 0 Å². The van der Waals surface area contributed by atoms with Crippen LogP contribution in [0.25, 0.3) is 0 Å². The molecule has 1 heterocycles. The number of ketones is 1.